The minimum Gasteiger partial charge on any atom is -0.444 e. The molecule has 0 bridgehead atoms. The van der Waals surface area contributed by atoms with Crippen molar-refractivity contribution in [2.45, 2.75) is 25.3 Å². The van der Waals surface area contributed by atoms with Gasteiger partial charge in [0.25, 0.3) is 5.91 Å². The monoisotopic (exact) mass is 389 g/mol. The van der Waals surface area contributed by atoms with Crippen molar-refractivity contribution >= 4 is 11.8 Å². The summed E-state index contributed by atoms with van der Waals surface area (Å²) >= 11 is 0. The van der Waals surface area contributed by atoms with Crippen LogP contribution >= 0.6 is 0 Å². The number of piperidine rings is 1. The zero-order valence-electron chi connectivity index (χ0n) is 16.1. The molecule has 0 spiro atoms. The Morgan fingerprint density at radius 3 is 2.34 bits per heavy atom. The molecule has 6 heteroatoms. The van der Waals surface area contributed by atoms with Crippen molar-refractivity contribution in [2.75, 3.05) is 13.1 Å². The summed E-state index contributed by atoms with van der Waals surface area (Å²) in [6.07, 6.45) is 3.27. The number of aromatic nitrogens is 1. The van der Waals surface area contributed by atoms with Crippen LogP contribution in [0.4, 0.5) is 0 Å². The largest absolute Gasteiger partial charge is 0.444 e. The summed E-state index contributed by atoms with van der Waals surface area (Å²) in [5.41, 5.74) is 2.18. The van der Waals surface area contributed by atoms with E-state index in [2.05, 4.69) is 10.3 Å². The number of hydrogen-bond donors (Lipinski definition) is 1. The van der Waals surface area contributed by atoms with E-state index in [0.29, 0.717) is 30.2 Å². The molecule has 29 heavy (non-hydrogen) atoms. The topological polar surface area (TPSA) is 75.4 Å². The molecule has 1 aliphatic heterocycles. The Bertz CT molecular complexity index is 961. The lowest BCUT2D eigenvalue weighted by Crippen LogP contribution is -2.47. The van der Waals surface area contributed by atoms with Crippen molar-refractivity contribution < 1.29 is 14.0 Å². The van der Waals surface area contributed by atoms with E-state index in [1.807, 2.05) is 53.4 Å². The highest BCUT2D eigenvalue weighted by Crippen LogP contribution is 2.19. The van der Waals surface area contributed by atoms with Crippen molar-refractivity contribution in [3.05, 3.63) is 78.2 Å². The van der Waals surface area contributed by atoms with Crippen LogP contribution in [-0.4, -0.2) is 40.8 Å². The van der Waals surface area contributed by atoms with Crippen molar-refractivity contribution in [1.82, 2.24) is 15.2 Å². The second-order valence-electron chi connectivity index (χ2n) is 7.18. The molecule has 6 nitrogen and oxygen atoms in total. The maximum absolute atomic E-state index is 12.6. The zero-order valence-corrected chi connectivity index (χ0v) is 16.1. The average Bonchev–Trinajstić information content (AvgIpc) is 3.24. The summed E-state index contributed by atoms with van der Waals surface area (Å²) in [5, 5.41) is 3.06. The van der Waals surface area contributed by atoms with Gasteiger partial charge in [-0.15, -0.1) is 0 Å². The van der Waals surface area contributed by atoms with Crippen molar-refractivity contribution in [3.63, 3.8) is 0 Å². The van der Waals surface area contributed by atoms with E-state index >= 15 is 0 Å². The molecule has 2 amide bonds. The third-order valence-corrected chi connectivity index (χ3v) is 5.12. The molecule has 0 unspecified atom stereocenters. The number of carbonyl (C=O) groups excluding carboxylic acids is 2. The van der Waals surface area contributed by atoms with Gasteiger partial charge in [-0.2, -0.15) is 0 Å². The van der Waals surface area contributed by atoms with Gasteiger partial charge in [0, 0.05) is 30.3 Å². The van der Waals surface area contributed by atoms with Crippen LogP contribution in [0.5, 0.6) is 0 Å². The fourth-order valence-electron chi connectivity index (χ4n) is 3.50. The summed E-state index contributed by atoms with van der Waals surface area (Å²) in [7, 11) is 0. The molecular weight excluding hydrogens is 366 g/mol. The zero-order chi connectivity index (χ0) is 20.1. The van der Waals surface area contributed by atoms with Gasteiger partial charge < -0.3 is 14.6 Å². The molecule has 1 aromatic heterocycles. The van der Waals surface area contributed by atoms with Crippen LogP contribution < -0.4 is 5.32 Å². The third-order valence-electron chi connectivity index (χ3n) is 5.12. The highest BCUT2D eigenvalue weighted by atomic mass is 16.3. The molecule has 1 N–H and O–H groups in total. The summed E-state index contributed by atoms with van der Waals surface area (Å²) in [5.74, 6) is 0.493. The van der Waals surface area contributed by atoms with E-state index in [1.54, 1.807) is 18.4 Å². The van der Waals surface area contributed by atoms with Crippen LogP contribution in [0, 0.1) is 0 Å². The van der Waals surface area contributed by atoms with Crippen LogP contribution in [0.2, 0.25) is 0 Å². The van der Waals surface area contributed by atoms with E-state index in [9.17, 15) is 9.59 Å². The van der Waals surface area contributed by atoms with Gasteiger partial charge >= 0.3 is 0 Å². The quantitative estimate of drug-likeness (QED) is 0.726. The Hall–Kier alpha value is -3.41. The first-order valence-corrected chi connectivity index (χ1v) is 9.82. The summed E-state index contributed by atoms with van der Waals surface area (Å²) in [6.45, 7) is 1.25. The summed E-state index contributed by atoms with van der Waals surface area (Å²) in [6, 6.07) is 18.9. The van der Waals surface area contributed by atoms with Crippen LogP contribution in [-0.2, 0) is 11.2 Å². The minimum atomic E-state index is -0.0635. The van der Waals surface area contributed by atoms with E-state index in [4.69, 9.17) is 4.42 Å². The maximum atomic E-state index is 12.6. The van der Waals surface area contributed by atoms with E-state index < -0.39 is 0 Å². The third kappa shape index (κ3) is 4.71. The number of benzene rings is 2. The Morgan fingerprint density at radius 1 is 1.00 bits per heavy atom. The van der Waals surface area contributed by atoms with Gasteiger partial charge in [-0.05, 0) is 37.1 Å². The fraction of sp³-hybridized carbons (Fsp3) is 0.261. The predicted octanol–water partition coefficient (Wildman–Crippen LogP) is 3.31. The number of nitrogens with zero attached hydrogens (tertiary/aromatic N) is 2. The molecular formula is C23H23N3O3. The molecule has 3 aromatic rings. The van der Waals surface area contributed by atoms with Crippen molar-refractivity contribution in [1.29, 1.82) is 0 Å². The second kappa shape index (κ2) is 8.73. The standard InChI is InChI=1S/C23H23N3O3/c27-21(15-20-16-29-23(25-20)18-9-5-2-6-10-18)26-13-11-19(12-14-26)24-22(28)17-7-3-1-4-8-17/h1-10,16,19H,11-15H2,(H,24,28). The van der Waals surface area contributed by atoms with Crippen molar-refractivity contribution in [2.24, 2.45) is 0 Å². The normalized spacial score (nSPS) is 14.6. The number of likely N-dealkylation sites (tertiary alicyclic amines) is 1. The lowest BCUT2D eigenvalue weighted by Gasteiger charge is -2.32. The van der Waals surface area contributed by atoms with E-state index in [0.717, 1.165) is 18.4 Å². The molecule has 2 heterocycles. The van der Waals surface area contributed by atoms with Crippen LogP contribution in [0.15, 0.2) is 71.3 Å². The Labute approximate surface area is 169 Å². The average molecular weight is 389 g/mol. The molecule has 0 aliphatic carbocycles. The lowest BCUT2D eigenvalue weighted by molar-refractivity contribution is -0.131. The molecule has 1 saturated heterocycles. The first-order valence-electron chi connectivity index (χ1n) is 9.82. The first kappa shape index (κ1) is 18.9. The Morgan fingerprint density at radius 2 is 1.66 bits per heavy atom. The van der Waals surface area contributed by atoms with Gasteiger partial charge in [-0.3, -0.25) is 9.59 Å². The van der Waals surface area contributed by atoms with Gasteiger partial charge in [0.1, 0.15) is 6.26 Å². The first-order chi connectivity index (χ1) is 14.2. The molecule has 148 valence electrons. The SMILES string of the molecule is O=C(NC1CCN(C(=O)Cc2coc(-c3ccccc3)n2)CC1)c1ccccc1. The Kier molecular flexibility index (Phi) is 5.70. The van der Waals surface area contributed by atoms with Gasteiger partial charge in [-0.1, -0.05) is 36.4 Å². The smallest absolute Gasteiger partial charge is 0.251 e. The second-order valence-corrected chi connectivity index (χ2v) is 7.18. The summed E-state index contributed by atoms with van der Waals surface area (Å²) in [4.78, 5) is 31.2. The molecule has 0 saturated carbocycles. The number of hydrogen-bond acceptors (Lipinski definition) is 4. The van der Waals surface area contributed by atoms with Crippen LogP contribution in [0.25, 0.3) is 11.5 Å². The molecule has 1 aliphatic rings. The number of rotatable bonds is 5. The van der Waals surface area contributed by atoms with Gasteiger partial charge in [0.2, 0.25) is 11.8 Å². The number of oxazole rings is 1. The van der Waals surface area contributed by atoms with Gasteiger partial charge in [-0.25, -0.2) is 4.98 Å². The predicted molar refractivity (Wildman–Crippen MR) is 109 cm³/mol. The highest BCUT2D eigenvalue weighted by Gasteiger charge is 2.24. The van der Waals surface area contributed by atoms with Crippen molar-refractivity contribution in [3.8, 4) is 11.5 Å². The molecule has 0 atom stereocenters. The van der Waals surface area contributed by atoms with Crippen LogP contribution in [0.1, 0.15) is 28.9 Å². The number of carbonyl (C=O) groups is 2. The molecule has 1 fully saturated rings. The highest BCUT2D eigenvalue weighted by molar-refractivity contribution is 5.94. The fourth-order valence-corrected chi connectivity index (χ4v) is 3.50. The number of amides is 2. The number of nitrogens with one attached hydrogen (secondary N) is 1. The Balaban J connectivity index is 1.27. The minimum absolute atomic E-state index is 0.0331. The van der Waals surface area contributed by atoms with E-state index in [1.165, 1.54) is 0 Å². The van der Waals surface area contributed by atoms with Crippen LogP contribution in [0.3, 0.4) is 0 Å². The lowest BCUT2D eigenvalue weighted by atomic mass is 10.0. The molecule has 0 radical (unpaired) electrons. The summed E-state index contributed by atoms with van der Waals surface area (Å²) < 4.78 is 5.51. The van der Waals surface area contributed by atoms with Gasteiger partial charge in [0.15, 0.2) is 0 Å². The molecule has 4 rings (SSSR count). The molecule has 2 aromatic carbocycles. The van der Waals surface area contributed by atoms with E-state index in [-0.39, 0.29) is 24.3 Å². The van der Waals surface area contributed by atoms with Gasteiger partial charge in [0.05, 0.1) is 12.1 Å². The maximum Gasteiger partial charge on any atom is 0.251 e.